The smallest absolute Gasteiger partial charge is 0.251 e. The highest BCUT2D eigenvalue weighted by Crippen LogP contribution is 2.29. The number of nitrogens with one attached hydrogen (secondary N) is 3. The lowest BCUT2D eigenvalue weighted by molar-refractivity contribution is 0.0950. The van der Waals surface area contributed by atoms with Crippen LogP contribution in [0.3, 0.4) is 0 Å². The Kier molecular flexibility index (Phi) is 6.70. The van der Waals surface area contributed by atoms with Gasteiger partial charge in [-0.3, -0.25) is 14.9 Å². The Balaban J connectivity index is 2.29. The molecule has 0 saturated heterocycles. The predicted molar refractivity (Wildman–Crippen MR) is 111 cm³/mol. The van der Waals surface area contributed by atoms with Crippen molar-refractivity contribution in [3.8, 4) is 11.5 Å². The third kappa shape index (κ3) is 5.61. The van der Waals surface area contributed by atoms with Crippen LogP contribution < -0.4 is 25.2 Å². The molecule has 0 bridgehead atoms. The number of hydrogen-bond donors (Lipinski definition) is 4. The van der Waals surface area contributed by atoms with Gasteiger partial charge in [-0.2, -0.15) is 0 Å². The monoisotopic (exact) mass is 420 g/mol. The number of nitrogen functional groups attached to an aromatic ring is 1. The van der Waals surface area contributed by atoms with Gasteiger partial charge in [0.25, 0.3) is 5.91 Å². The van der Waals surface area contributed by atoms with Gasteiger partial charge in [-0.15, -0.1) is 0 Å². The van der Waals surface area contributed by atoms with Gasteiger partial charge in [0.2, 0.25) is 10.0 Å². The maximum atomic E-state index is 12.6. The summed E-state index contributed by atoms with van der Waals surface area (Å²) >= 11 is 0. The second-order valence-corrected chi connectivity index (χ2v) is 8.10. The minimum atomic E-state index is -3.56. The van der Waals surface area contributed by atoms with Crippen molar-refractivity contribution >= 4 is 27.5 Å². The molecule has 0 atom stereocenters. The van der Waals surface area contributed by atoms with Crippen molar-refractivity contribution in [2.75, 3.05) is 25.2 Å². The van der Waals surface area contributed by atoms with Gasteiger partial charge in [0.1, 0.15) is 17.3 Å². The number of benzene rings is 2. The largest absolute Gasteiger partial charge is 0.496 e. The van der Waals surface area contributed by atoms with E-state index in [0.29, 0.717) is 28.2 Å². The van der Waals surface area contributed by atoms with Crippen LogP contribution in [0.1, 0.15) is 27.0 Å². The summed E-state index contributed by atoms with van der Waals surface area (Å²) in [5.41, 5.74) is 7.69. The number of ether oxygens (including phenoxy) is 2. The van der Waals surface area contributed by atoms with Crippen molar-refractivity contribution in [3.05, 3.63) is 52.6 Å². The number of sulfonamides is 1. The molecule has 29 heavy (non-hydrogen) atoms. The van der Waals surface area contributed by atoms with E-state index >= 15 is 0 Å². The summed E-state index contributed by atoms with van der Waals surface area (Å²) in [6.07, 6.45) is 1.01. The van der Waals surface area contributed by atoms with Crippen LogP contribution in [0.5, 0.6) is 11.5 Å². The molecule has 9 nitrogen and oxygen atoms in total. The van der Waals surface area contributed by atoms with E-state index in [1.807, 2.05) is 6.92 Å². The van der Waals surface area contributed by atoms with Crippen LogP contribution in [0.2, 0.25) is 0 Å². The first-order chi connectivity index (χ1) is 13.6. The summed E-state index contributed by atoms with van der Waals surface area (Å²) in [4.78, 5) is 12.6. The third-order valence-corrected chi connectivity index (χ3v) is 4.76. The lowest BCUT2D eigenvalue weighted by atomic mass is 10.1. The standard InChI is InChI=1S/C19H24N4O5S/c1-11-16(27-2)8-14(9-17(11)28-3)19(24)22-10-13-6-5-12(18(20)21)7-15(13)23-29(4,25)26/h5-9,23H,10H2,1-4H3,(H3,20,21)(H,22,24). The minimum Gasteiger partial charge on any atom is -0.496 e. The van der Waals surface area contributed by atoms with Crippen LogP contribution in [0.25, 0.3) is 0 Å². The average Bonchev–Trinajstić information content (AvgIpc) is 2.65. The molecule has 0 saturated carbocycles. The number of amidine groups is 1. The number of rotatable bonds is 8. The third-order valence-electron chi connectivity index (χ3n) is 4.17. The molecule has 2 aromatic carbocycles. The molecule has 0 aliphatic carbocycles. The maximum Gasteiger partial charge on any atom is 0.251 e. The van der Waals surface area contributed by atoms with Gasteiger partial charge in [-0.05, 0) is 30.7 Å². The summed E-state index contributed by atoms with van der Waals surface area (Å²) in [5, 5.41) is 10.3. The fraction of sp³-hybridized carbons (Fsp3) is 0.263. The second-order valence-electron chi connectivity index (χ2n) is 6.35. The second kappa shape index (κ2) is 8.82. The fourth-order valence-electron chi connectivity index (χ4n) is 2.69. The molecule has 0 radical (unpaired) electrons. The summed E-state index contributed by atoms with van der Waals surface area (Å²) in [6, 6.07) is 7.82. The number of carbonyl (C=O) groups is 1. The molecule has 0 spiro atoms. The van der Waals surface area contributed by atoms with E-state index < -0.39 is 10.0 Å². The number of carbonyl (C=O) groups excluding carboxylic acids is 1. The Bertz CT molecular complexity index is 1030. The first-order valence-electron chi connectivity index (χ1n) is 8.51. The fourth-order valence-corrected chi connectivity index (χ4v) is 3.28. The number of nitrogens with two attached hydrogens (primary N) is 1. The molecular weight excluding hydrogens is 396 g/mol. The molecule has 1 amide bonds. The zero-order valence-corrected chi connectivity index (χ0v) is 17.4. The molecule has 10 heteroatoms. The maximum absolute atomic E-state index is 12.6. The zero-order valence-electron chi connectivity index (χ0n) is 16.6. The molecule has 0 aliphatic rings. The molecule has 0 aliphatic heterocycles. The van der Waals surface area contributed by atoms with E-state index in [1.54, 1.807) is 24.3 Å². The van der Waals surface area contributed by atoms with Gasteiger partial charge in [0.05, 0.1) is 26.2 Å². The molecular formula is C19H24N4O5S. The molecule has 5 N–H and O–H groups in total. The highest BCUT2D eigenvalue weighted by molar-refractivity contribution is 7.92. The lowest BCUT2D eigenvalue weighted by Gasteiger charge is -2.15. The Morgan fingerprint density at radius 1 is 1.10 bits per heavy atom. The van der Waals surface area contributed by atoms with Crippen LogP contribution in [-0.2, 0) is 16.6 Å². The van der Waals surface area contributed by atoms with E-state index in [4.69, 9.17) is 20.6 Å². The van der Waals surface area contributed by atoms with E-state index in [2.05, 4.69) is 10.0 Å². The van der Waals surface area contributed by atoms with Gasteiger partial charge in [0.15, 0.2) is 0 Å². The van der Waals surface area contributed by atoms with Crippen molar-refractivity contribution in [3.63, 3.8) is 0 Å². The van der Waals surface area contributed by atoms with Crippen molar-refractivity contribution < 1.29 is 22.7 Å². The molecule has 0 fully saturated rings. The first-order valence-corrected chi connectivity index (χ1v) is 10.4. The van der Waals surface area contributed by atoms with E-state index in [1.165, 1.54) is 20.3 Å². The predicted octanol–water partition coefficient (Wildman–Crippen LogP) is 1.60. The van der Waals surface area contributed by atoms with Crippen molar-refractivity contribution in [2.24, 2.45) is 5.73 Å². The molecule has 0 heterocycles. The Labute approximate surface area is 169 Å². The SMILES string of the molecule is COc1cc(C(=O)NCc2ccc(C(=N)N)cc2NS(C)(=O)=O)cc(OC)c1C. The number of methoxy groups -OCH3 is 2. The number of amides is 1. The Morgan fingerprint density at radius 2 is 1.69 bits per heavy atom. The van der Waals surface area contributed by atoms with Gasteiger partial charge in [-0.1, -0.05) is 12.1 Å². The van der Waals surface area contributed by atoms with Crippen molar-refractivity contribution in [2.45, 2.75) is 13.5 Å². The van der Waals surface area contributed by atoms with E-state index in [9.17, 15) is 13.2 Å². The first kappa shape index (κ1) is 22.0. The summed E-state index contributed by atoms with van der Waals surface area (Å²) < 4.78 is 36.3. The molecule has 0 aromatic heterocycles. The van der Waals surface area contributed by atoms with Crippen LogP contribution in [0.4, 0.5) is 5.69 Å². The quantitative estimate of drug-likeness (QED) is 0.377. The molecule has 156 valence electrons. The van der Waals surface area contributed by atoms with Crippen LogP contribution in [0.15, 0.2) is 30.3 Å². The van der Waals surface area contributed by atoms with Crippen LogP contribution >= 0.6 is 0 Å². The average molecular weight is 420 g/mol. The number of hydrogen-bond acceptors (Lipinski definition) is 6. The van der Waals surface area contributed by atoms with E-state index in [-0.39, 0.29) is 24.0 Å². The zero-order chi connectivity index (χ0) is 21.8. The van der Waals surface area contributed by atoms with Crippen molar-refractivity contribution in [1.29, 1.82) is 5.41 Å². The molecule has 2 rings (SSSR count). The lowest BCUT2D eigenvalue weighted by Crippen LogP contribution is -2.24. The van der Waals surface area contributed by atoms with Gasteiger partial charge in [-0.25, -0.2) is 8.42 Å². The summed E-state index contributed by atoms with van der Waals surface area (Å²) in [5.74, 6) is 0.443. The normalized spacial score (nSPS) is 10.9. The minimum absolute atomic E-state index is 0.0490. The summed E-state index contributed by atoms with van der Waals surface area (Å²) in [7, 11) is -0.556. The Hall–Kier alpha value is -3.27. The van der Waals surface area contributed by atoms with Crippen LogP contribution in [-0.4, -0.2) is 40.6 Å². The van der Waals surface area contributed by atoms with E-state index in [0.717, 1.165) is 11.8 Å². The topological polar surface area (TPSA) is 144 Å². The van der Waals surface area contributed by atoms with Gasteiger partial charge < -0.3 is 20.5 Å². The Morgan fingerprint density at radius 3 is 2.17 bits per heavy atom. The van der Waals surface area contributed by atoms with Crippen LogP contribution in [0, 0.1) is 12.3 Å². The summed E-state index contributed by atoms with van der Waals surface area (Å²) in [6.45, 7) is 1.87. The molecule has 2 aromatic rings. The highest BCUT2D eigenvalue weighted by Gasteiger charge is 2.15. The highest BCUT2D eigenvalue weighted by atomic mass is 32.2. The number of anilines is 1. The van der Waals surface area contributed by atoms with Crippen molar-refractivity contribution in [1.82, 2.24) is 5.32 Å². The molecule has 0 unspecified atom stereocenters. The van der Waals surface area contributed by atoms with Gasteiger partial charge >= 0.3 is 0 Å². The van der Waals surface area contributed by atoms with Gasteiger partial charge in [0, 0.05) is 23.2 Å².